The van der Waals surface area contributed by atoms with Crippen LogP contribution in [-0.2, 0) is 9.59 Å². The summed E-state index contributed by atoms with van der Waals surface area (Å²) in [6, 6.07) is 0.394. The van der Waals surface area contributed by atoms with Gasteiger partial charge in [-0.3, -0.25) is 9.59 Å². The van der Waals surface area contributed by atoms with E-state index >= 15 is 0 Å². The van der Waals surface area contributed by atoms with Crippen molar-refractivity contribution in [3.05, 3.63) is 0 Å². The Kier molecular flexibility index (Phi) is 6.52. The van der Waals surface area contributed by atoms with Crippen molar-refractivity contribution in [1.82, 2.24) is 15.5 Å². The number of hydrogen-bond donors (Lipinski definition) is 2. The van der Waals surface area contributed by atoms with Gasteiger partial charge in [-0.25, -0.2) is 0 Å². The van der Waals surface area contributed by atoms with E-state index < -0.39 is 0 Å². The maximum Gasteiger partial charge on any atom is 0.223 e. The van der Waals surface area contributed by atoms with Crippen LogP contribution in [0.4, 0.5) is 0 Å². The fraction of sp³-hybridized carbons (Fsp3) is 0.895. The van der Waals surface area contributed by atoms with Crippen LogP contribution in [0.2, 0.25) is 0 Å². The second-order valence-corrected chi connectivity index (χ2v) is 7.90. The largest absolute Gasteiger partial charge is 0.353 e. The summed E-state index contributed by atoms with van der Waals surface area (Å²) >= 11 is 0. The first-order valence-electron chi connectivity index (χ1n) is 10.0. The number of carbonyl (C=O) groups excluding carboxylic acids is 2. The van der Waals surface area contributed by atoms with Crippen LogP contribution in [0.1, 0.15) is 64.2 Å². The molecule has 2 amide bonds. The summed E-state index contributed by atoms with van der Waals surface area (Å²) in [5, 5.41) is 6.60. The van der Waals surface area contributed by atoms with Crippen LogP contribution in [0.15, 0.2) is 0 Å². The first-order valence-corrected chi connectivity index (χ1v) is 10.0. The van der Waals surface area contributed by atoms with Crippen molar-refractivity contribution in [2.24, 2.45) is 11.8 Å². The summed E-state index contributed by atoms with van der Waals surface area (Å²) in [5.41, 5.74) is 0. The van der Waals surface area contributed by atoms with Crippen LogP contribution >= 0.6 is 0 Å². The monoisotopic (exact) mass is 335 g/mol. The minimum absolute atomic E-state index is 0.106. The quantitative estimate of drug-likeness (QED) is 0.808. The van der Waals surface area contributed by atoms with Crippen molar-refractivity contribution in [2.45, 2.75) is 70.3 Å². The second kappa shape index (κ2) is 8.84. The van der Waals surface area contributed by atoms with Crippen molar-refractivity contribution in [3.8, 4) is 0 Å². The summed E-state index contributed by atoms with van der Waals surface area (Å²) in [4.78, 5) is 26.8. The molecule has 136 valence electrons. The molecular formula is C19H33N3O2. The number of nitrogens with one attached hydrogen (secondary N) is 2. The Morgan fingerprint density at radius 1 is 1.00 bits per heavy atom. The van der Waals surface area contributed by atoms with Gasteiger partial charge in [0.15, 0.2) is 0 Å². The van der Waals surface area contributed by atoms with Crippen molar-refractivity contribution in [1.29, 1.82) is 0 Å². The average Bonchev–Trinajstić information content (AvgIpc) is 3.14. The van der Waals surface area contributed by atoms with Crippen LogP contribution in [0.3, 0.4) is 0 Å². The maximum absolute atomic E-state index is 12.4. The van der Waals surface area contributed by atoms with Gasteiger partial charge in [0.2, 0.25) is 11.8 Å². The minimum Gasteiger partial charge on any atom is -0.353 e. The van der Waals surface area contributed by atoms with Gasteiger partial charge in [-0.05, 0) is 57.5 Å². The third-order valence-corrected chi connectivity index (χ3v) is 6.10. The molecule has 5 nitrogen and oxygen atoms in total. The van der Waals surface area contributed by atoms with Gasteiger partial charge < -0.3 is 15.5 Å². The van der Waals surface area contributed by atoms with E-state index in [1.807, 2.05) is 4.90 Å². The van der Waals surface area contributed by atoms with E-state index in [0.717, 1.165) is 58.3 Å². The van der Waals surface area contributed by atoms with Crippen LogP contribution in [0.5, 0.6) is 0 Å². The topological polar surface area (TPSA) is 61.4 Å². The molecular weight excluding hydrogens is 302 g/mol. The zero-order chi connectivity index (χ0) is 16.8. The fourth-order valence-corrected chi connectivity index (χ4v) is 4.40. The lowest BCUT2D eigenvalue weighted by atomic mass is 9.92. The van der Waals surface area contributed by atoms with Gasteiger partial charge in [0.1, 0.15) is 0 Å². The lowest BCUT2D eigenvalue weighted by molar-refractivity contribution is -0.136. The smallest absolute Gasteiger partial charge is 0.223 e. The highest BCUT2D eigenvalue weighted by Gasteiger charge is 2.29. The summed E-state index contributed by atoms with van der Waals surface area (Å²) < 4.78 is 0. The molecule has 3 fully saturated rings. The van der Waals surface area contributed by atoms with Gasteiger partial charge in [-0.1, -0.05) is 19.3 Å². The van der Waals surface area contributed by atoms with Crippen molar-refractivity contribution >= 4 is 11.8 Å². The average molecular weight is 335 g/mol. The van der Waals surface area contributed by atoms with Crippen molar-refractivity contribution in [3.63, 3.8) is 0 Å². The van der Waals surface area contributed by atoms with Crippen molar-refractivity contribution in [2.75, 3.05) is 26.2 Å². The third kappa shape index (κ3) is 4.95. The molecule has 0 radical (unpaired) electrons. The van der Waals surface area contributed by atoms with E-state index in [2.05, 4.69) is 10.6 Å². The molecule has 2 N–H and O–H groups in total. The Morgan fingerprint density at radius 3 is 2.42 bits per heavy atom. The van der Waals surface area contributed by atoms with Crippen LogP contribution < -0.4 is 10.6 Å². The SMILES string of the molecule is O=C(NC1CCCCC1)C1CCN(C(=O)CCC2CCNC2)CC1. The number of nitrogens with zero attached hydrogens (tertiary/aromatic N) is 1. The highest BCUT2D eigenvalue weighted by atomic mass is 16.2. The van der Waals surface area contributed by atoms with Gasteiger partial charge in [0.25, 0.3) is 0 Å². The molecule has 24 heavy (non-hydrogen) atoms. The van der Waals surface area contributed by atoms with E-state index in [1.54, 1.807) is 0 Å². The van der Waals surface area contributed by atoms with Crippen LogP contribution in [0.25, 0.3) is 0 Å². The first kappa shape index (κ1) is 17.7. The molecule has 2 aliphatic heterocycles. The highest BCUT2D eigenvalue weighted by Crippen LogP contribution is 2.22. The molecule has 3 rings (SSSR count). The summed E-state index contributed by atoms with van der Waals surface area (Å²) in [6.45, 7) is 3.67. The Balaban J connectivity index is 1.35. The molecule has 0 aromatic carbocycles. The number of rotatable bonds is 5. The van der Waals surface area contributed by atoms with Crippen LogP contribution in [0, 0.1) is 11.8 Å². The summed E-state index contributed by atoms with van der Waals surface area (Å²) in [6.07, 6.45) is 10.6. The third-order valence-electron chi connectivity index (χ3n) is 6.10. The van der Waals surface area contributed by atoms with Crippen molar-refractivity contribution < 1.29 is 9.59 Å². The van der Waals surface area contributed by atoms with E-state index in [1.165, 1.54) is 25.7 Å². The molecule has 0 aromatic heterocycles. The number of piperidine rings is 1. The molecule has 1 saturated carbocycles. The van der Waals surface area contributed by atoms with Gasteiger partial charge >= 0.3 is 0 Å². The predicted molar refractivity (Wildman–Crippen MR) is 94.5 cm³/mol. The summed E-state index contributed by atoms with van der Waals surface area (Å²) in [5.74, 6) is 1.29. The Morgan fingerprint density at radius 2 is 1.75 bits per heavy atom. The Hall–Kier alpha value is -1.10. The predicted octanol–water partition coefficient (Wildman–Crippen LogP) is 2.06. The number of carbonyl (C=O) groups is 2. The second-order valence-electron chi connectivity index (χ2n) is 7.90. The van der Waals surface area contributed by atoms with Gasteiger partial charge in [0.05, 0.1) is 0 Å². The Labute approximate surface area is 145 Å². The highest BCUT2D eigenvalue weighted by molar-refractivity contribution is 5.80. The normalized spacial score (nSPS) is 26.5. The minimum atomic E-state index is 0.106. The maximum atomic E-state index is 12.4. The number of amides is 2. The zero-order valence-corrected chi connectivity index (χ0v) is 14.9. The van der Waals surface area contributed by atoms with Crippen LogP contribution in [-0.4, -0.2) is 48.9 Å². The van der Waals surface area contributed by atoms with Gasteiger partial charge in [-0.15, -0.1) is 0 Å². The molecule has 2 heterocycles. The van der Waals surface area contributed by atoms with E-state index in [0.29, 0.717) is 18.4 Å². The number of likely N-dealkylation sites (tertiary alicyclic amines) is 1. The van der Waals surface area contributed by atoms with E-state index in [4.69, 9.17) is 0 Å². The first-order chi connectivity index (χ1) is 11.7. The Bertz CT molecular complexity index is 420. The molecule has 1 unspecified atom stereocenters. The molecule has 0 bridgehead atoms. The molecule has 5 heteroatoms. The molecule has 1 atom stereocenters. The molecule has 1 aliphatic carbocycles. The van der Waals surface area contributed by atoms with E-state index in [-0.39, 0.29) is 17.7 Å². The van der Waals surface area contributed by atoms with Gasteiger partial charge in [0, 0.05) is 31.5 Å². The molecule has 0 aromatic rings. The lowest BCUT2D eigenvalue weighted by Gasteiger charge is -2.33. The molecule has 3 aliphatic rings. The van der Waals surface area contributed by atoms with E-state index in [9.17, 15) is 9.59 Å². The molecule has 0 spiro atoms. The lowest BCUT2D eigenvalue weighted by Crippen LogP contribution is -2.45. The fourth-order valence-electron chi connectivity index (χ4n) is 4.40. The summed E-state index contributed by atoms with van der Waals surface area (Å²) in [7, 11) is 0. The standard InChI is InChI=1S/C19H33N3O2/c23-18(7-6-15-8-11-20-14-15)22-12-9-16(10-13-22)19(24)21-17-4-2-1-3-5-17/h15-17,20H,1-14H2,(H,21,24). The van der Waals surface area contributed by atoms with Gasteiger partial charge in [-0.2, -0.15) is 0 Å². The zero-order valence-electron chi connectivity index (χ0n) is 14.9. The molecule has 2 saturated heterocycles. The number of hydrogen-bond acceptors (Lipinski definition) is 3.